The van der Waals surface area contributed by atoms with E-state index in [1.165, 1.54) is 6.42 Å². The Morgan fingerprint density at radius 2 is 1.09 bits per heavy atom. The van der Waals surface area contributed by atoms with Gasteiger partial charge in [0, 0.05) is 23.3 Å². The van der Waals surface area contributed by atoms with Gasteiger partial charge in [0.25, 0.3) is 0 Å². The van der Waals surface area contributed by atoms with Crippen LogP contribution in [0.5, 0.6) is 0 Å². The molecule has 0 aromatic carbocycles. The third-order valence-corrected chi connectivity index (χ3v) is 30.9. The van der Waals surface area contributed by atoms with Gasteiger partial charge in [-0.05, 0) is 22.9 Å². The highest BCUT2D eigenvalue weighted by molar-refractivity contribution is 7.41. The first-order valence-corrected chi connectivity index (χ1v) is 21.3. The summed E-state index contributed by atoms with van der Waals surface area (Å²) in [6, 6.07) is 1.59. The Balaban J connectivity index is 2.03. The predicted molar refractivity (Wildman–Crippen MR) is 116 cm³/mol. The molecule has 0 radical (unpaired) electrons. The van der Waals surface area contributed by atoms with Gasteiger partial charge in [0.1, 0.15) is 0 Å². The van der Waals surface area contributed by atoms with Crippen molar-refractivity contribution in [2.75, 3.05) is 0 Å². The van der Waals surface area contributed by atoms with Crippen molar-refractivity contribution in [2.45, 2.75) is 115 Å². The van der Waals surface area contributed by atoms with Gasteiger partial charge in [-0.3, -0.25) is 0 Å². The Morgan fingerprint density at radius 1 is 0.652 bits per heavy atom. The lowest BCUT2D eigenvalue weighted by Gasteiger charge is -2.47. The van der Waals surface area contributed by atoms with E-state index in [-0.39, 0.29) is 0 Å². The van der Waals surface area contributed by atoms with Crippen LogP contribution in [0.25, 0.3) is 0 Å². The van der Waals surface area contributed by atoms with Crippen molar-refractivity contribution in [1.82, 2.24) is 0 Å². The van der Waals surface area contributed by atoms with E-state index >= 15 is 0 Å². The van der Waals surface area contributed by atoms with Gasteiger partial charge in [0.2, 0.25) is 0 Å². The van der Waals surface area contributed by atoms with Gasteiger partial charge < -0.3 is 0 Å². The molecule has 0 aliphatic heterocycles. The van der Waals surface area contributed by atoms with Crippen LogP contribution in [0.3, 0.4) is 0 Å². The maximum absolute atomic E-state index is 2.82. The summed E-state index contributed by atoms with van der Waals surface area (Å²) in [4.78, 5) is 0. The average Bonchev–Trinajstić information content (AvgIpc) is 3.05. The van der Waals surface area contributed by atoms with Crippen molar-refractivity contribution in [3.8, 4) is 0 Å². The molecule has 0 bridgehead atoms. The minimum atomic E-state index is -1.07. The molecule has 0 aromatic rings. The monoisotopic (exact) mass is 368 g/mol. The first-order valence-electron chi connectivity index (χ1n) is 10.5. The lowest BCUT2D eigenvalue weighted by molar-refractivity contribution is 0.529. The Hall–Kier alpha value is 0.651. The largest absolute Gasteiger partial charge is 0.0711 e. The summed E-state index contributed by atoms with van der Waals surface area (Å²) in [7, 11) is -3.00. The highest BCUT2D eigenvalue weighted by atomic mass is 29.3. The number of hydrogen-bond donors (Lipinski definition) is 0. The van der Waals surface area contributed by atoms with Crippen molar-refractivity contribution >= 4 is 23.3 Å². The second-order valence-corrected chi connectivity index (χ2v) is 33.1. The van der Waals surface area contributed by atoms with Gasteiger partial charge in [-0.2, -0.15) is 0 Å². The molecule has 0 aromatic heterocycles. The highest BCUT2D eigenvalue weighted by Crippen LogP contribution is 2.53. The SMILES string of the molecule is CCC1CCC([Si](C)(C)[Si](C)(C)C2CCC(C[Si](C)(C)C)C2)C1. The summed E-state index contributed by atoms with van der Waals surface area (Å²) in [6.45, 7) is 21.4. The molecule has 23 heavy (non-hydrogen) atoms. The van der Waals surface area contributed by atoms with Crippen LogP contribution in [0.1, 0.15) is 51.9 Å². The zero-order valence-corrected chi connectivity index (χ0v) is 20.5. The van der Waals surface area contributed by atoms with Crippen LogP contribution in [0.2, 0.25) is 63.0 Å². The first-order chi connectivity index (χ1) is 10.5. The van der Waals surface area contributed by atoms with Crippen molar-refractivity contribution in [1.29, 1.82) is 0 Å². The topological polar surface area (TPSA) is 0 Å². The van der Waals surface area contributed by atoms with Crippen LogP contribution in [0.4, 0.5) is 0 Å². The minimum absolute atomic E-state index is 0.870. The summed E-state index contributed by atoms with van der Waals surface area (Å²) in [5.74, 6) is 2.16. The summed E-state index contributed by atoms with van der Waals surface area (Å²) in [5.41, 5.74) is 2.32. The Bertz CT molecular complexity index is 394. The lowest BCUT2D eigenvalue weighted by Crippen LogP contribution is -2.59. The highest BCUT2D eigenvalue weighted by Gasteiger charge is 2.53. The Morgan fingerprint density at radius 3 is 1.48 bits per heavy atom. The summed E-state index contributed by atoms with van der Waals surface area (Å²) in [6.07, 6.45) is 10.9. The smallest absolute Gasteiger partial charge is 0.0446 e. The Kier molecular flexibility index (Phi) is 6.17. The van der Waals surface area contributed by atoms with E-state index in [0.717, 1.165) is 22.9 Å². The third kappa shape index (κ3) is 4.44. The zero-order chi connectivity index (χ0) is 17.5. The van der Waals surface area contributed by atoms with Crippen LogP contribution < -0.4 is 0 Å². The molecular weight excluding hydrogens is 324 g/mol. The van der Waals surface area contributed by atoms with Gasteiger partial charge in [-0.15, -0.1) is 0 Å². The average molecular weight is 369 g/mol. The lowest BCUT2D eigenvalue weighted by atomic mass is 10.1. The van der Waals surface area contributed by atoms with Gasteiger partial charge >= 0.3 is 0 Å². The molecule has 4 atom stereocenters. The van der Waals surface area contributed by atoms with Crippen LogP contribution in [0, 0.1) is 11.8 Å². The quantitative estimate of drug-likeness (QED) is 0.424. The molecule has 0 heterocycles. The maximum atomic E-state index is 2.82. The fourth-order valence-corrected chi connectivity index (χ4v) is 21.7. The van der Waals surface area contributed by atoms with Gasteiger partial charge in [0.15, 0.2) is 0 Å². The summed E-state index contributed by atoms with van der Waals surface area (Å²) >= 11 is 0. The molecule has 2 aliphatic rings. The van der Waals surface area contributed by atoms with Crippen molar-refractivity contribution in [3.63, 3.8) is 0 Å². The molecule has 2 saturated carbocycles. The molecular formula is C20H44Si3. The van der Waals surface area contributed by atoms with Crippen molar-refractivity contribution < 1.29 is 0 Å². The second kappa shape index (κ2) is 7.11. The molecule has 3 heteroatoms. The molecule has 0 amide bonds. The van der Waals surface area contributed by atoms with E-state index in [9.17, 15) is 0 Å². The van der Waals surface area contributed by atoms with Crippen LogP contribution in [-0.2, 0) is 0 Å². The molecule has 0 nitrogen and oxygen atoms in total. The van der Waals surface area contributed by atoms with Crippen molar-refractivity contribution in [3.05, 3.63) is 0 Å². The van der Waals surface area contributed by atoms with Crippen molar-refractivity contribution in [2.24, 2.45) is 11.8 Å². The van der Waals surface area contributed by atoms with Gasteiger partial charge in [-0.25, -0.2) is 0 Å². The molecule has 136 valence electrons. The first kappa shape index (κ1) is 20.0. The van der Waals surface area contributed by atoms with E-state index in [1.807, 2.05) is 0 Å². The minimum Gasteiger partial charge on any atom is -0.0711 e. The molecule has 0 spiro atoms. The van der Waals surface area contributed by atoms with Gasteiger partial charge in [-0.1, -0.05) is 104 Å². The number of rotatable bonds is 6. The van der Waals surface area contributed by atoms with E-state index < -0.39 is 23.3 Å². The predicted octanol–water partition coefficient (Wildman–Crippen LogP) is 7.57. The standard InChI is InChI=1S/C20H44Si3/c1-9-17-10-12-19(14-17)22(5,6)23(7,8)20-13-11-18(15-20)16-21(2,3)4/h17-20H,9-16H2,1-8H3. The molecule has 4 unspecified atom stereocenters. The Labute approximate surface area is 150 Å². The molecule has 2 aliphatic carbocycles. The van der Waals surface area contributed by atoms with Crippen LogP contribution in [0.15, 0.2) is 0 Å². The normalized spacial score (nSPS) is 33.4. The van der Waals surface area contributed by atoms with Crippen LogP contribution in [-0.4, -0.2) is 23.3 Å². The van der Waals surface area contributed by atoms with E-state index in [1.54, 1.807) is 44.6 Å². The summed E-state index contributed by atoms with van der Waals surface area (Å²) in [5, 5.41) is 0. The van der Waals surface area contributed by atoms with Gasteiger partial charge in [0.05, 0.1) is 0 Å². The fraction of sp³-hybridized carbons (Fsp3) is 1.00. The molecule has 0 N–H and O–H groups in total. The number of hydrogen-bond acceptors (Lipinski definition) is 0. The summed E-state index contributed by atoms with van der Waals surface area (Å²) < 4.78 is 0. The fourth-order valence-electron chi connectivity index (χ4n) is 5.94. The molecule has 0 saturated heterocycles. The zero-order valence-electron chi connectivity index (χ0n) is 17.5. The maximum Gasteiger partial charge on any atom is 0.0446 e. The van der Waals surface area contributed by atoms with E-state index in [0.29, 0.717) is 0 Å². The molecule has 2 fully saturated rings. The third-order valence-electron chi connectivity index (χ3n) is 8.26. The van der Waals surface area contributed by atoms with Crippen LogP contribution >= 0.6 is 0 Å². The molecule has 2 rings (SSSR count). The van der Waals surface area contributed by atoms with E-state index in [4.69, 9.17) is 0 Å². The second-order valence-electron chi connectivity index (χ2n) is 11.4. The van der Waals surface area contributed by atoms with E-state index in [2.05, 4.69) is 52.8 Å².